The number of aryl methyl sites for hydroxylation is 1. The lowest BCUT2D eigenvalue weighted by Gasteiger charge is -2.18. The third kappa shape index (κ3) is 4.29. The highest BCUT2D eigenvalue weighted by Crippen LogP contribution is 2.37. The van der Waals surface area contributed by atoms with Gasteiger partial charge in [0.25, 0.3) is 0 Å². The minimum Gasteiger partial charge on any atom is -0.118 e. The maximum absolute atomic E-state index is 2.28. The van der Waals surface area contributed by atoms with E-state index < -0.39 is 0 Å². The first kappa shape index (κ1) is 12.6. The molecule has 1 rings (SSSR count). The lowest BCUT2D eigenvalue weighted by atomic mass is 10.1. The first-order chi connectivity index (χ1) is 7.13. The normalized spacial score (nSPS) is 11.3. The Morgan fingerprint density at radius 1 is 1.20 bits per heavy atom. The van der Waals surface area contributed by atoms with Gasteiger partial charge in [0.15, 0.2) is 0 Å². The zero-order valence-corrected chi connectivity index (χ0v) is 11.0. The largest absolute Gasteiger partial charge is 0.118 e. The summed E-state index contributed by atoms with van der Waals surface area (Å²) < 4.78 is 0. The van der Waals surface area contributed by atoms with Crippen molar-refractivity contribution in [3.05, 3.63) is 35.1 Å². The summed E-state index contributed by atoms with van der Waals surface area (Å²) in [6, 6.07) is 8.81. The van der Waals surface area contributed by atoms with Gasteiger partial charge in [0.2, 0.25) is 0 Å². The van der Waals surface area contributed by atoms with Crippen LogP contribution in [0.15, 0.2) is 29.2 Å². The van der Waals surface area contributed by atoms with Gasteiger partial charge >= 0.3 is 0 Å². The Morgan fingerprint density at radius 3 is 2.27 bits per heavy atom. The molecule has 0 aromatic heterocycles. The summed E-state index contributed by atoms with van der Waals surface area (Å²) in [5.41, 5.74) is 1.33. The fourth-order valence-electron chi connectivity index (χ4n) is 1.46. The van der Waals surface area contributed by atoms with E-state index in [4.69, 9.17) is 0 Å². The van der Waals surface area contributed by atoms with Crippen LogP contribution < -0.4 is 0 Å². The van der Waals surface area contributed by atoms with Crippen LogP contribution in [-0.4, -0.2) is 0 Å². The van der Waals surface area contributed by atoms with Gasteiger partial charge in [-0.1, -0.05) is 44.9 Å². The molecule has 0 heterocycles. The summed E-state index contributed by atoms with van der Waals surface area (Å²) in [5.74, 6) is 0.677. The highest BCUT2D eigenvalue weighted by molar-refractivity contribution is 8.02. The SMILES string of the molecule is CCC[C](Sc1ccc(C)cc1)C(C)C. The van der Waals surface area contributed by atoms with Gasteiger partial charge in [0.05, 0.1) is 0 Å². The van der Waals surface area contributed by atoms with Crippen LogP contribution in [0.4, 0.5) is 0 Å². The standard InChI is InChI=1S/C14H21S/c1-5-6-14(11(2)3)15-13-9-7-12(4)8-10-13/h7-11H,5-6H2,1-4H3. The first-order valence-corrected chi connectivity index (χ1v) is 6.55. The van der Waals surface area contributed by atoms with Crippen molar-refractivity contribution in [2.75, 3.05) is 0 Å². The van der Waals surface area contributed by atoms with Crippen LogP contribution >= 0.6 is 11.8 Å². The fourth-order valence-corrected chi connectivity index (χ4v) is 2.58. The zero-order valence-electron chi connectivity index (χ0n) is 10.2. The molecular weight excluding hydrogens is 200 g/mol. The second-order valence-corrected chi connectivity index (χ2v) is 5.49. The van der Waals surface area contributed by atoms with Crippen LogP contribution in [0.3, 0.4) is 0 Å². The molecule has 0 spiro atoms. The Balaban J connectivity index is 2.61. The van der Waals surface area contributed by atoms with E-state index in [-0.39, 0.29) is 0 Å². The molecule has 0 unspecified atom stereocenters. The molecule has 1 aromatic carbocycles. The van der Waals surface area contributed by atoms with Gasteiger partial charge in [-0.2, -0.15) is 0 Å². The molecule has 15 heavy (non-hydrogen) atoms. The van der Waals surface area contributed by atoms with E-state index >= 15 is 0 Å². The van der Waals surface area contributed by atoms with Crippen LogP contribution in [-0.2, 0) is 0 Å². The molecule has 0 saturated carbocycles. The predicted molar refractivity (Wildman–Crippen MR) is 70.0 cm³/mol. The van der Waals surface area contributed by atoms with E-state index in [2.05, 4.69) is 52.0 Å². The van der Waals surface area contributed by atoms with E-state index in [1.807, 2.05) is 11.8 Å². The Bertz CT molecular complexity index is 274. The van der Waals surface area contributed by atoms with E-state index in [9.17, 15) is 0 Å². The van der Waals surface area contributed by atoms with E-state index in [1.165, 1.54) is 23.3 Å². The lowest BCUT2D eigenvalue weighted by Crippen LogP contribution is -2.00. The zero-order chi connectivity index (χ0) is 11.3. The molecule has 0 amide bonds. The van der Waals surface area contributed by atoms with Gasteiger partial charge in [-0.05, 0) is 31.4 Å². The Kier molecular flexibility index (Phi) is 5.24. The number of hydrogen-bond donors (Lipinski definition) is 0. The third-order valence-electron chi connectivity index (χ3n) is 2.41. The molecule has 0 aliphatic heterocycles. The second-order valence-electron chi connectivity index (χ2n) is 4.29. The van der Waals surface area contributed by atoms with Gasteiger partial charge < -0.3 is 0 Å². The molecule has 0 atom stereocenters. The molecule has 0 N–H and O–H groups in total. The number of benzene rings is 1. The maximum Gasteiger partial charge on any atom is 0.0382 e. The summed E-state index contributed by atoms with van der Waals surface area (Å²) in [6.07, 6.45) is 2.47. The Hall–Kier alpha value is -0.430. The van der Waals surface area contributed by atoms with E-state index in [1.54, 1.807) is 5.25 Å². The average molecular weight is 221 g/mol. The molecule has 1 radical (unpaired) electrons. The van der Waals surface area contributed by atoms with Gasteiger partial charge in [0.1, 0.15) is 0 Å². The van der Waals surface area contributed by atoms with Gasteiger partial charge in [-0.3, -0.25) is 0 Å². The molecular formula is C14H21S. The molecule has 0 nitrogen and oxygen atoms in total. The highest BCUT2D eigenvalue weighted by atomic mass is 32.2. The van der Waals surface area contributed by atoms with Crippen LogP contribution in [0.25, 0.3) is 0 Å². The Labute approximate surface area is 98.5 Å². The van der Waals surface area contributed by atoms with Crippen molar-refractivity contribution in [2.45, 2.75) is 45.4 Å². The quantitative estimate of drug-likeness (QED) is 0.625. The topological polar surface area (TPSA) is 0 Å². The summed E-state index contributed by atoms with van der Waals surface area (Å²) in [6.45, 7) is 8.95. The van der Waals surface area contributed by atoms with Crippen molar-refractivity contribution in [1.29, 1.82) is 0 Å². The van der Waals surface area contributed by atoms with Crippen molar-refractivity contribution >= 4 is 11.8 Å². The summed E-state index contributed by atoms with van der Waals surface area (Å²) in [5, 5.41) is 1.60. The second kappa shape index (κ2) is 6.22. The summed E-state index contributed by atoms with van der Waals surface area (Å²) in [7, 11) is 0. The number of rotatable bonds is 5. The third-order valence-corrected chi connectivity index (χ3v) is 3.86. The molecule has 1 heteroatoms. The van der Waals surface area contributed by atoms with Crippen molar-refractivity contribution in [3.8, 4) is 0 Å². The van der Waals surface area contributed by atoms with Crippen molar-refractivity contribution < 1.29 is 0 Å². The highest BCUT2D eigenvalue weighted by Gasteiger charge is 2.14. The van der Waals surface area contributed by atoms with Gasteiger partial charge in [0, 0.05) is 10.1 Å². The molecule has 0 fully saturated rings. The lowest BCUT2D eigenvalue weighted by molar-refractivity contribution is 0.667. The van der Waals surface area contributed by atoms with Crippen LogP contribution in [0.5, 0.6) is 0 Å². The van der Waals surface area contributed by atoms with Crippen LogP contribution in [0.2, 0.25) is 0 Å². The average Bonchev–Trinajstić information content (AvgIpc) is 2.20. The van der Waals surface area contributed by atoms with Gasteiger partial charge in [-0.15, -0.1) is 11.8 Å². The first-order valence-electron chi connectivity index (χ1n) is 5.73. The molecule has 0 saturated heterocycles. The van der Waals surface area contributed by atoms with Crippen molar-refractivity contribution in [2.24, 2.45) is 5.92 Å². The maximum atomic E-state index is 2.28. The summed E-state index contributed by atoms with van der Waals surface area (Å²) >= 11 is 1.95. The van der Waals surface area contributed by atoms with E-state index in [0.717, 1.165) is 0 Å². The molecule has 83 valence electrons. The van der Waals surface area contributed by atoms with Crippen LogP contribution in [0, 0.1) is 18.1 Å². The van der Waals surface area contributed by atoms with E-state index in [0.29, 0.717) is 5.92 Å². The molecule has 0 aliphatic carbocycles. The Morgan fingerprint density at radius 2 is 1.80 bits per heavy atom. The van der Waals surface area contributed by atoms with Crippen molar-refractivity contribution in [3.63, 3.8) is 0 Å². The number of hydrogen-bond acceptors (Lipinski definition) is 1. The molecule has 0 bridgehead atoms. The molecule has 1 aromatic rings. The smallest absolute Gasteiger partial charge is 0.0382 e. The van der Waals surface area contributed by atoms with Crippen molar-refractivity contribution in [1.82, 2.24) is 0 Å². The molecule has 0 aliphatic rings. The number of thioether (sulfide) groups is 1. The summed E-state index contributed by atoms with van der Waals surface area (Å²) in [4.78, 5) is 1.37. The fraction of sp³-hybridized carbons (Fsp3) is 0.500. The predicted octanol–water partition coefficient (Wildman–Crippen LogP) is 5.08. The van der Waals surface area contributed by atoms with Gasteiger partial charge in [-0.25, -0.2) is 0 Å². The minimum absolute atomic E-state index is 0.677. The monoisotopic (exact) mass is 221 g/mol. The minimum atomic E-state index is 0.677. The van der Waals surface area contributed by atoms with Crippen LogP contribution in [0.1, 0.15) is 39.2 Å².